The molecular weight excluding hydrogens is 244 g/mol. The normalized spacial score (nSPS) is 11.3. The Hall–Kier alpha value is -2.06. The summed E-state index contributed by atoms with van der Waals surface area (Å²) < 4.78 is 2.42. The minimum atomic E-state index is 1.00. The van der Waals surface area contributed by atoms with E-state index in [1.807, 2.05) is 0 Å². The van der Waals surface area contributed by atoms with Gasteiger partial charge in [-0.25, -0.2) is 0 Å². The number of aromatic nitrogens is 1. The van der Waals surface area contributed by atoms with Crippen LogP contribution in [-0.4, -0.2) is 30.1 Å². The number of likely N-dealkylation sites (N-methyl/N-ethyl adjacent to an activating group) is 1. The monoisotopic (exact) mass is 264 g/mol. The van der Waals surface area contributed by atoms with E-state index in [2.05, 4.69) is 84.2 Å². The highest BCUT2D eigenvalue weighted by Gasteiger charge is 2.10. The Morgan fingerprint density at radius 1 is 0.900 bits per heavy atom. The summed E-state index contributed by atoms with van der Waals surface area (Å²) in [7, 11) is 4.24. The molecule has 20 heavy (non-hydrogen) atoms. The van der Waals surface area contributed by atoms with E-state index in [4.69, 9.17) is 0 Å². The molecule has 2 heteroatoms. The minimum absolute atomic E-state index is 1.00. The standard InChI is InChI=1S/C18H20N2/c1-19(2)12-13-20-17-11-7-6-10-16(17)14-18(20)15-8-4-3-5-9-15/h3-11,14H,12-13H2,1-2H3. The van der Waals surface area contributed by atoms with Gasteiger partial charge >= 0.3 is 0 Å². The number of nitrogens with zero attached hydrogens (tertiary/aromatic N) is 2. The summed E-state index contributed by atoms with van der Waals surface area (Å²) in [5.74, 6) is 0. The van der Waals surface area contributed by atoms with Crippen LogP contribution in [0.4, 0.5) is 0 Å². The molecule has 2 aromatic carbocycles. The van der Waals surface area contributed by atoms with Crippen LogP contribution in [-0.2, 0) is 6.54 Å². The second kappa shape index (κ2) is 5.51. The molecule has 0 saturated heterocycles. The van der Waals surface area contributed by atoms with E-state index in [9.17, 15) is 0 Å². The van der Waals surface area contributed by atoms with Crippen LogP contribution in [0.1, 0.15) is 0 Å². The highest BCUT2D eigenvalue weighted by atomic mass is 15.1. The molecule has 3 rings (SSSR count). The summed E-state index contributed by atoms with van der Waals surface area (Å²) in [4.78, 5) is 2.23. The van der Waals surface area contributed by atoms with Gasteiger partial charge < -0.3 is 9.47 Å². The molecule has 0 bridgehead atoms. The Morgan fingerprint density at radius 3 is 2.35 bits per heavy atom. The summed E-state index contributed by atoms with van der Waals surface area (Å²) in [6, 6.07) is 21.5. The largest absolute Gasteiger partial charge is 0.339 e. The van der Waals surface area contributed by atoms with Crippen molar-refractivity contribution in [1.29, 1.82) is 0 Å². The van der Waals surface area contributed by atoms with Crippen LogP contribution in [0.3, 0.4) is 0 Å². The maximum Gasteiger partial charge on any atom is 0.0491 e. The molecule has 0 saturated carbocycles. The van der Waals surface area contributed by atoms with Gasteiger partial charge in [0.25, 0.3) is 0 Å². The average Bonchev–Trinajstić information content (AvgIpc) is 2.84. The fourth-order valence-electron chi connectivity index (χ4n) is 2.60. The number of hydrogen-bond donors (Lipinski definition) is 0. The summed E-state index contributed by atoms with van der Waals surface area (Å²) in [5, 5.41) is 1.31. The molecule has 1 aromatic heterocycles. The van der Waals surface area contributed by atoms with Gasteiger partial charge in [-0.05, 0) is 31.8 Å². The van der Waals surface area contributed by atoms with Crippen molar-refractivity contribution >= 4 is 10.9 Å². The second-order valence-corrected chi connectivity index (χ2v) is 5.41. The van der Waals surface area contributed by atoms with Crippen molar-refractivity contribution in [3.63, 3.8) is 0 Å². The molecule has 0 aliphatic carbocycles. The van der Waals surface area contributed by atoms with Crippen LogP contribution in [0.5, 0.6) is 0 Å². The van der Waals surface area contributed by atoms with Gasteiger partial charge in [-0.2, -0.15) is 0 Å². The maximum atomic E-state index is 2.42. The summed E-state index contributed by atoms with van der Waals surface area (Å²) in [6.45, 7) is 2.04. The maximum absolute atomic E-state index is 2.42. The SMILES string of the molecule is CN(C)CCn1c(-c2ccccc2)cc2ccccc21. The van der Waals surface area contributed by atoms with E-state index in [0.29, 0.717) is 0 Å². The van der Waals surface area contributed by atoms with Crippen molar-refractivity contribution in [2.75, 3.05) is 20.6 Å². The third-order valence-electron chi connectivity index (χ3n) is 3.65. The van der Waals surface area contributed by atoms with E-state index < -0.39 is 0 Å². The van der Waals surface area contributed by atoms with Crippen molar-refractivity contribution < 1.29 is 0 Å². The molecule has 3 aromatic rings. The predicted octanol–water partition coefficient (Wildman–Crippen LogP) is 3.87. The lowest BCUT2D eigenvalue weighted by atomic mass is 10.1. The smallest absolute Gasteiger partial charge is 0.0491 e. The first-order valence-corrected chi connectivity index (χ1v) is 7.04. The van der Waals surface area contributed by atoms with Gasteiger partial charge in [0.05, 0.1) is 0 Å². The van der Waals surface area contributed by atoms with E-state index in [1.54, 1.807) is 0 Å². The molecule has 1 heterocycles. The van der Waals surface area contributed by atoms with Crippen LogP contribution in [0, 0.1) is 0 Å². The zero-order valence-corrected chi connectivity index (χ0v) is 12.1. The Morgan fingerprint density at radius 2 is 1.60 bits per heavy atom. The highest BCUT2D eigenvalue weighted by molar-refractivity contribution is 5.87. The molecule has 0 N–H and O–H groups in total. The first kappa shape index (κ1) is 12.9. The molecule has 2 nitrogen and oxygen atoms in total. The van der Waals surface area contributed by atoms with Crippen LogP contribution in [0.2, 0.25) is 0 Å². The minimum Gasteiger partial charge on any atom is -0.339 e. The summed E-state index contributed by atoms with van der Waals surface area (Å²) >= 11 is 0. The third-order valence-corrected chi connectivity index (χ3v) is 3.65. The molecule has 0 radical (unpaired) electrons. The van der Waals surface area contributed by atoms with Crippen molar-refractivity contribution in [1.82, 2.24) is 9.47 Å². The number of rotatable bonds is 4. The lowest BCUT2D eigenvalue weighted by molar-refractivity contribution is 0.388. The molecule has 0 spiro atoms. The van der Waals surface area contributed by atoms with Crippen LogP contribution in [0.15, 0.2) is 60.7 Å². The number of hydrogen-bond acceptors (Lipinski definition) is 1. The Bertz CT molecular complexity index is 696. The van der Waals surface area contributed by atoms with E-state index in [1.165, 1.54) is 22.2 Å². The Labute approximate surface area is 120 Å². The van der Waals surface area contributed by atoms with Gasteiger partial charge in [-0.1, -0.05) is 48.5 Å². The second-order valence-electron chi connectivity index (χ2n) is 5.41. The van der Waals surface area contributed by atoms with Crippen molar-refractivity contribution in [3.05, 3.63) is 60.7 Å². The molecule has 0 fully saturated rings. The van der Waals surface area contributed by atoms with Crippen molar-refractivity contribution in [3.8, 4) is 11.3 Å². The average molecular weight is 264 g/mol. The molecular formula is C18H20N2. The van der Waals surface area contributed by atoms with Crippen LogP contribution < -0.4 is 0 Å². The van der Waals surface area contributed by atoms with Gasteiger partial charge in [0.1, 0.15) is 0 Å². The predicted molar refractivity (Wildman–Crippen MR) is 85.9 cm³/mol. The third kappa shape index (κ3) is 2.47. The number of fused-ring (bicyclic) bond motifs is 1. The van der Waals surface area contributed by atoms with E-state index in [-0.39, 0.29) is 0 Å². The first-order chi connectivity index (χ1) is 9.75. The van der Waals surface area contributed by atoms with E-state index in [0.717, 1.165) is 13.1 Å². The summed E-state index contributed by atoms with van der Waals surface area (Å²) in [6.07, 6.45) is 0. The quantitative estimate of drug-likeness (QED) is 0.694. The first-order valence-electron chi connectivity index (χ1n) is 7.04. The Kier molecular flexibility index (Phi) is 3.57. The number of para-hydroxylation sites is 1. The molecule has 0 amide bonds. The fourth-order valence-corrected chi connectivity index (χ4v) is 2.60. The Balaban J connectivity index is 2.12. The molecule has 102 valence electrons. The van der Waals surface area contributed by atoms with Gasteiger partial charge in [0.15, 0.2) is 0 Å². The molecule has 0 unspecified atom stereocenters. The van der Waals surface area contributed by atoms with Gasteiger partial charge in [0.2, 0.25) is 0 Å². The van der Waals surface area contributed by atoms with Gasteiger partial charge in [-0.15, -0.1) is 0 Å². The topological polar surface area (TPSA) is 8.17 Å². The molecule has 0 aliphatic rings. The summed E-state index contributed by atoms with van der Waals surface area (Å²) in [5.41, 5.74) is 3.89. The highest BCUT2D eigenvalue weighted by Crippen LogP contribution is 2.28. The van der Waals surface area contributed by atoms with E-state index >= 15 is 0 Å². The van der Waals surface area contributed by atoms with Gasteiger partial charge in [-0.3, -0.25) is 0 Å². The fraction of sp³-hybridized carbons (Fsp3) is 0.222. The van der Waals surface area contributed by atoms with Crippen molar-refractivity contribution in [2.24, 2.45) is 0 Å². The molecule has 0 atom stereocenters. The molecule has 0 aliphatic heterocycles. The lowest BCUT2D eigenvalue weighted by Crippen LogP contribution is -2.18. The van der Waals surface area contributed by atoms with Crippen molar-refractivity contribution in [2.45, 2.75) is 6.54 Å². The van der Waals surface area contributed by atoms with Crippen LogP contribution in [0.25, 0.3) is 22.2 Å². The lowest BCUT2D eigenvalue weighted by Gasteiger charge is -2.14. The van der Waals surface area contributed by atoms with Crippen LogP contribution >= 0.6 is 0 Å². The van der Waals surface area contributed by atoms with Gasteiger partial charge in [0, 0.05) is 29.7 Å². The number of benzene rings is 2. The zero-order chi connectivity index (χ0) is 13.9. The zero-order valence-electron chi connectivity index (χ0n) is 12.1.